The number of benzene rings is 2. The first-order valence-corrected chi connectivity index (χ1v) is 7.57. The summed E-state index contributed by atoms with van der Waals surface area (Å²) in [5, 5.41) is 0. The van der Waals surface area contributed by atoms with Crippen molar-refractivity contribution in [3.8, 4) is 11.5 Å². The lowest BCUT2D eigenvalue weighted by molar-refractivity contribution is 0.354. The molecule has 0 heterocycles. The smallest absolute Gasteiger partial charge is 0.161 e. The maximum atomic E-state index is 6.35. The van der Waals surface area contributed by atoms with Gasteiger partial charge in [-0.1, -0.05) is 45.8 Å². The van der Waals surface area contributed by atoms with Crippen LogP contribution in [-0.2, 0) is 6.42 Å². The van der Waals surface area contributed by atoms with Crippen molar-refractivity contribution < 1.29 is 9.47 Å². The molecule has 0 spiro atoms. The Bertz CT molecular complexity index is 611. The van der Waals surface area contributed by atoms with Crippen LogP contribution in [0.3, 0.4) is 0 Å². The van der Waals surface area contributed by atoms with Gasteiger partial charge in [0.1, 0.15) is 0 Å². The number of aryl methyl sites for hydroxylation is 1. The number of hydrogen-bond acceptors (Lipinski definition) is 3. The van der Waals surface area contributed by atoms with Crippen LogP contribution in [0.1, 0.15) is 22.7 Å². The molecule has 3 nitrogen and oxygen atoms in total. The molecule has 0 saturated heterocycles. The van der Waals surface area contributed by atoms with Gasteiger partial charge in [-0.05, 0) is 36.6 Å². The molecule has 1 unspecified atom stereocenters. The molecule has 2 rings (SSSR count). The third-order valence-electron chi connectivity index (χ3n) is 3.48. The van der Waals surface area contributed by atoms with Gasteiger partial charge in [-0.3, -0.25) is 0 Å². The summed E-state index contributed by atoms with van der Waals surface area (Å²) in [4.78, 5) is 0. The second-order valence-electron chi connectivity index (χ2n) is 5.02. The fourth-order valence-corrected chi connectivity index (χ4v) is 2.86. The standard InChI is InChI=1S/C17H20BrNO2/c1-11-4-6-12(7-5-11)8-15(19)13-9-16(20-2)17(21-3)10-14(13)18/h4-7,9-10,15H,8,19H2,1-3H3. The van der Waals surface area contributed by atoms with Gasteiger partial charge in [0, 0.05) is 10.5 Å². The number of hydrogen-bond donors (Lipinski definition) is 1. The van der Waals surface area contributed by atoms with E-state index in [1.54, 1.807) is 14.2 Å². The largest absolute Gasteiger partial charge is 0.493 e. The fourth-order valence-electron chi connectivity index (χ4n) is 2.24. The zero-order chi connectivity index (χ0) is 15.4. The first-order chi connectivity index (χ1) is 10.0. The van der Waals surface area contributed by atoms with Gasteiger partial charge in [0.15, 0.2) is 11.5 Å². The van der Waals surface area contributed by atoms with Crippen molar-refractivity contribution in [3.63, 3.8) is 0 Å². The first kappa shape index (κ1) is 15.9. The average molecular weight is 350 g/mol. The lowest BCUT2D eigenvalue weighted by Crippen LogP contribution is -2.14. The normalized spacial score (nSPS) is 12.0. The number of nitrogens with two attached hydrogens (primary N) is 1. The van der Waals surface area contributed by atoms with Crippen molar-refractivity contribution in [2.75, 3.05) is 14.2 Å². The predicted molar refractivity (Wildman–Crippen MR) is 89.1 cm³/mol. The molecule has 21 heavy (non-hydrogen) atoms. The summed E-state index contributed by atoms with van der Waals surface area (Å²) in [5.41, 5.74) is 9.83. The summed E-state index contributed by atoms with van der Waals surface area (Å²) in [6.45, 7) is 2.08. The van der Waals surface area contributed by atoms with Crippen LogP contribution in [0.25, 0.3) is 0 Å². The van der Waals surface area contributed by atoms with Crippen LogP contribution < -0.4 is 15.2 Å². The van der Waals surface area contributed by atoms with Crippen molar-refractivity contribution in [2.24, 2.45) is 5.73 Å². The molecule has 0 radical (unpaired) electrons. The Labute approximate surface area is 134 Å². The second kappa shape index (κ2) is 6.96. The zero-order valence-corrected chi connectivity index (χ0v) is 14.1. The van der Waals surface area contributed by atoms with E-state index in [9.17, 15) is 0 Å². The van der Waals surface area contributed by atoms with E-state index in [0.717, 1.165) is 16.5 Å². The highest BCUT2D eigenvalue weighted by atomic mass is 79.9. The molecule has 0 fully saturated rings. The molecular weight excluding hydrogens is 330 g/mol. The van der Waals surface area contributed by atoms with Crippen LogP contribution in [0.4, 0.5) is 0 Å². The van der Waals surface area contributed by atoms with Gasteiger partial charge in [-0.25, -0.2) is 0 Å². The molecule has 0 aliphatic carbocycles. The van der Waals surface area contributed by atoms with Gasteiger partial charge in [-0.15, -0.1) is 0 Å². The van der Waals surface area contributed by atoms with E-state index in [0.29, 0.717) is 11.5 Å². The van der Waals surface area contributed by atoms with Gasteiger partial charge >= 0.3 is 0 Å². The predicted octanol–water partition coefficient (Wildman–Crippen LogP) is 4.02. The third-order valence-corrected chi connectivity index (χ3v) is 4.17. The van der Waals surface area contributed by atoms with Crippen molar-refractivity contribution in [3.05, 3.63) is 57.6 Å². The van der Waals surface area contributed by atoms with E-state index < -0.39 is 0 Å². The molecule has 2 N–H and O–H groups in total. The molecule has 112 valence electrons. The molecule has 2 aromatic rings. The summed E-state index contributed by atoms with van der Waals surface area (Å²) < 4.78 is 11.6. The van der Waals surface area contributed by atoms with E-state index >= 15 is 0 Å². The molecule has 0 saturated carbocycles. The average Bonchev–Trinajstić information content (AvgIpc) is 2.49. The lowest BCUT2D eigenvalue weighted by Gasteiger charge is -2.17. The van der Waals surface area contributed by atoms with Crippen LogP contribution in [0, 0.1) is 6.92 Å². The summed E-state index contributed by atoms with van der Waals surface area (Å²) in [6.07, 6.45) is 0.772. The molecule has 4 heteroatoms. The van der Waals surface area contributed by atoms with Crippen molar-refractivity contribution in [2.45, 2.75) is 19.4 Å². The van der Waals surface area contributed by atoms with Gasteiger partial charge in [-0.2, -0.15) is 0 Å². The van der Waals surface area contributed by atoms with Crippen molar-refractivity contribution >= 4 is 15.9 Å². The van der Waals surface area contributed by atoms with Gasteiger partial charge in [0.25, 0.3) is 0 Å². The highest BCUT2D eigenvalue weighted by molar-refractivity contribution is 9.10. The molecule has 0 aliphatic rings. The molecule has 1 atom stereocenters. The van der Waals surface area contributed by atoms with Crippen molar-refractivity contribution in [1.29, 1.82) is 0 Å². The molecular formula is C17H20BrNO2. The Kier molecular flexibility index (Phi) is 5.26. The minimum absolute atomic E-state index is 0.109. The molecule has 0 amide bonds. The number of methoxy groups -OCH3 is 2. The Morgan fingerprint density at radius 2 is 1.62 bits per heavy atom. The topological polar surface area (TPSA) is 44.5 Å². The number of halogens is 1. The quantitative estimate of drug-likeness (QED) is 0.886. The summed E-state index contributed by atoms with van der Waals surface area (Å²) in [5.74, 6) is 1.38. The summed E-state index contributed by atoms with van der Waals surface area (Å²) in [7, 11) is 3.25. The van der Waals surface area contributed by atoms with Crippen LogP contribution in [0.5, 0.6) is 11.5 Å². The lowest BCUT2D eigenvalue weighted by atomic mass is 9.98. The highest BCUT2D eigenvalue weighted by Crippen LogP contribution is 2.36. The maximum absolute atomic E-state index is 6.35. The van der Waals surface area contributed by atoms with E-state index in [1.807, 2.05) is 12.1 Å². The molecule has 0 aliphatic heterocycles. The van der Waals surface area contributed by atoms with Crippen molar-refractivity contribution in [1.82, 2.24) is 0 Å². The van der Waals surface area contributed by atoms with Gasteiger partial charge in [0.05, 0.1) is 14.2 Å². The van der Waals surface area contributed by atoms with E-state index in [4.69, 9.17) is 15.2 Å². The van der Waals surface area contributed by atoms with Gasteiger partial charge in [0.2, 0.25) is 0 Å². The molecule has 0 bridgehead atoms. The Balaban J connectivity index is 2.26. The number of ether oxygens (including phenoxy) is 2. The molecule has 0 aromatic heterocycles. The van der Waals surface area contributed by atoms with Crippen LogP contribution in [0.2, 0.25) is 0 Å². The first-order valence-electron chi connectivity index (χ1n) is 6.77. The Morgan fingerprint density at radius 1 is 1.05 bits per heavy atom. The van der Waals surface area contributed by atoms with Crippen LogP contribution >= 0.6 is 15.9 Å². The zero-order valence-electron chi connectivity index (χ0n) is 12.5. The summed E-state index contributed by atoms with van der Waals surface area (Å²) in [6, 6.07) is 12.2. The molecule has 2 aromatic carbocycles. The monoisotopic (exact) mass is 349 g/mol. The number of rotatable bonds is 5. The highest BCUT2D eigenvalue weighted by Gasteiger charge is 2.15. The minimum atomic E-state index is -0.109. The minimum Gasteiger partial charge on any atom is -0.493 e. The Morgan fingerprint density at radius 3 is 2.19 bits per heavy atom. The second-order valence-corrected chi connectivity index (χ2v) is 5.88. The van der Waals surface area contributed by atoms with E-state index in [2.05, 4.69) is 47.1 Å². The Hall–Kier alpha value is -1.52. The van der Waals surface area contributed by atoms with E-state index in [-0.39, 0.29) is 6.04 Å². The van der Waals surface area contributed by atoms with Crippen LogP contribution in [-0.4, -0.2) is 14.2 Å². The summed E-state index contributed by atoms with van der Waals surface area (Å²) >= 11 is 3.56. The SMILES string of the molecule is COc1cc(Br)c(C(N)Cc2ccc(C)cc2)cc1OC. The fraction of sp³-hybridized carbons (Fsp3) is 0.294. The van der Waals surface area contributed by atoms with E-state index in [1.165, 1.54) is 11.1 Å². The van der Waals surface area contributed by atoms with Crippen LogP contribution in [0.15, 0.2) is 40.9 Å². The third kappa shape index (κ3) is 3.77. The van der Waals surface area contributed by atoms with Gasteiger partial charge < -0.3 is 15.2 Å². The maximum Gasteiger partial charge on any atom is 0.161 e.